The van der Waals surface area contributed by atoms with Gasteiger partial charge in [0.15, 0.2) is 0 Å². The lowest BCUT2D eigenvalue weighted by molar-refractivity contribution is -0.122. The molecule has 1 amide bonds. The van der Waals surface area contributed by atoms with Crippen molar-refractivity contribution < 1.29 is 4.79 Å². The molecule has 1 N–H and O–H groups in total. The van der Waals surface area contributed by atoms with Crippen molar-refractivity contribution in [2.45, 2.75) is 52.9 Å². The predicted molar refractivity (Wildman–Crippen MR) is 80.3 cm³/mol. The first kappa shape index (κ1) is 14.1. The number of carbonyl (C=O) groups is 1. The zero-order chi connectivity index (χ0) is 13.8. The SMILES string of the molecule is CCC1CCCCC1C(=O)Nc1c(C)cccc1C. The quantitative estimate of drug-likeness (QED) is 0.853. The van der Waals surface area contributed by atoms with Crippen LogP contribution in [0.2, 0.25) is 0 Å². The first-order valence-corrected chi connectivity index (χ1v) is 7.50. The fourth-order valence-electron chi connectivity index (χ4n) is 3.27. The van der Waals surface area contributed by atoms with Crippen molar-refractivity contribution in [1.29, 1.82) is 0 Å². The maximum absolute atomic E-state index is 12.5. The van der Waals surface area contributed by atoms with Gasteiger partial charge in [-0.25, -0.2) is 0 Å². The molecule has 2 unspecified atom stereocenters. The maximum atomic E-state index is 12.5. The number of para-hydroxylation sites is 1. The Balaban J connectivity index is 2.12. The average molecular weight is 259 g/mol. The van der Waals surface area contributed by atoms with Gasteiger partial charge in [-0.1, -0.05) is 44.4 Å². The van der Waals surface area contributed by atoms with Crippen molar-refractivity contribution >= 4 is 11.6 Å². The van der Waals surface area contributed by atoms with Gasteiger partial charge in [0.25, 0.3) is 0 Å². The van der Waals surface area contributed by atoms with Crippen molar-refractivity contribution in [1.82, 2.24) is 0 Å². The largest absolute Gasteiger partial charge is 0.325 e. The molecule has 2 atom stereocenters. The molecule has 1 aliphatic carbocycles. The molecule has 0 saturated heterocycles. The average Bonchev–Trinajstić information content (AvgIpc) is 2.42. The summed E-state index contributed by atoms with van der Waals surface area (Å²) in [5.74, 6) is 1.000. The lowest BCUT2D eigenvalue weighted by Gasteiger charge is -2.30. The van der Waals surface area contributed by atoms with Crippen LogP contribution in [-0.4, -0.2) is 5.91 Å². The lowest BCUT2D eigenvalue weighted by Crippen LogP contribution is -2.32. The van der Waals surface area contributed by atoms with Crippen LogP contribution in [0.4, 0.5) is 5.69 Å². The minimum Gasteiger partial charge on any atom is -0.325 e. The van der Waals surface area contributed by atoms with Crippen LogP contribution in [0, 0.1) is 25.7 Å². The fourth-order valence-corrected chi connectivity index (χ4v) is 3.27. The summed E-state index contributed by atoms with van der Waals surface area (Å²) in [7, 11) is 0. The van der Waals surface area contributed by atoms with Crippen molar-refractivity contribution in [3.8, 4) is 0 Å². The smallest absolute Gasteiger partial charge is 0.227 e. The van der Waals surface area contributed by atoms with E-state index in [0.717, 1.165) is 29.7 Å². The van der Waals surface area contributed by atoms with E-state index >= 15 is 0 Å². The molecule has 0 heterocycles. The summed E-state index contributed by atoms with van der Waals surface area (Å²) in [6.07, 6.45) is 5.86. The summed E-state index contributed by atoms with van der Waals surface area (Å²) >= 11 is 0. The highest BCUT2D eigenvalue weighted by atomic mass is 16.1. The van der Waals surface area contributed by atoms with Crippen LogP contribution in [-0.2, 0) is 4.79 Å². The summed E-state index contributed by atoms with van der Waals surface area (Å²) in [6.45, 7) is 6.32. The Hall–Kier alpha value is -1.31. The minimum absolute atomic E-state index is 0.206. The topological polar surface area (TPSA) is 29.1 Å². The Morgan fingerprint density at radius 3 is 2.47 bits per heavy atom. The Morgan fingerprint density at radius 2 is 1.84 bits per heavy atom. The van der Waals surface area contributed by atoms with Crippen LogP contribution >= 0.6 is 0 Å². The number of rotatable bonds is 3. The third-order valence-corrected chi connectivity index (χ3v) is 4.50. The molecule has 0 bridgehead atoms. The molecule has 2 nitrogen and oxygen atoms in total. The van der Waals surface area contributed by atoms with E-state index in [1.807, 2.05) is 6.07 Å². The highest BCUT2D eigenvalue weighted by molar-refractivity contribution is 5.94. The number of amides is 1. The molecule has 0 radical (unpaired) electrons. The number of carbonyl (C=O) groups excluding carboxylic acids is 1. The van der Waals surface area contributed by atoms with Gasteiger partial charge in [0.05, 0.1) is 0 Å². The molecule has 1 fully saturated rings. The van der Waals surface area contributed by atoms with Gasteiger partial charge >= 0.3 is 0 Å². The van der Waals surface area contributed by atoms with E-state index in [0.29, 0.717) is 5.92 Å². The van der Waals surface area contributed by atoms with Gasteiger partial charge in [-0.05, 0) is 43.7 Å². The number of anilines is 1. The van der Waals surface area contributed by atoms with E-state index in [1.165, 1.54) is 19.3 Å². The summed E-state index contributed by atoms with van der Waals surface area (Å²) in [5.41, 5.74) is 3.31. The molecular weight excluding hydrogens is 234 g/mol. The number of nitrogens with one attached hydrogen (secondary N) is 1. The monoisotopic (exact) mass is 259 g/mol. The lowest BCUT2D eigenvalue weighted by atomic mass is 9.77. The van der Waals surface area contributed by atoms with Crippen LogP contribution in [0.25, 0.3) is 0 Å². The standard InChI is InChI=1S/C17H25NO/c1-4-14-10-5-6-11-15(14)17(19)18-16-12(2)8-7-9-13(16)3/h7-9,14-15H,4-6,10-11H2,1-3H3,(H,18,19). The van der Waals surface area contributed by atoms with Crippen LogP contribution in [0.1, 0.15) is 50.2 Å². The Bertz CT molecular complexity index is 432. The van der Waals surface area contributed by atoms with Crippen LogP contribution in [0.5, 0.6) is 0 Å². The summed E-state index contributed by atoms with van der Waals surface area (Å²) < 4.78 is 0. The van der Waals surface area contributed by atoms with Crippen LogP contribution in [0.3, 0.4) is 0 Å². The Labute approximate surface area is 116 Å². The zero-order valence-corrected chi connectivity index (χ0v) is 12.3. The molecule has 0 aliphatic heterocycles. The van der Waals surface area contributed by atoms with Crippen molar-refractivity contribution in [3.05, 3.63) is 29.3 Å². The van der Waals surface area contributed by atoms with E-state index < -0.39 is 0 Å². The molecule has 2 rings (SSSR count). The Kier molecular flexibility index (Phi) is 4.62. The number of aryl methyl sites for hydroxylation is 2. The van der Waals surface area contributed by atoms with Gasteiger partial charge in [0.2, 0.25) is 5.91 Å². The zero-order valence-electron chi connectivity index (χ0n) is 12.3. The molecule has 0 spiro atoms. The second kappa shape index (κ2) is 6.23. The second-order valence-corrected chi connectivity index (χ2v) is 5.82. The summed E-state index contributed by atoms with van der Waals surface area (Å²) in [4.78, 5) is 12.5. The summed E-state index contributed by atoms with van der Waals surface area (Å²) in [6, 6.07) is 6.15. The molecule has 1 aliphatic rings. The molecule has 2 heteroatoms. The number of hydrogen-bond acceptors (Lipinski definition) is 1. The van der Waals surface area contributed by atoms with E-state index in [-0.39, 0.29) is 11.8 Å². The third-order valence-electron chi connectivity index (χ3n) is 4.50. The van der Waals surface area contributed by atoms with Crippen molar-refractivity contribution in [2.24, 2.45) is 11.8 Å². The molecule has 0 aromatic heterocycles. The minimum atomic E-state index is 0.206. The number of hydrogen-bond donors (Lipinski definition) is 1. The molecule has 19 heavy (non-hydrogen) atoms. The van der Waals surface area contributed by atoms with E-state index in [2.05, 4.69) is 38.2 Å². The predicted octanol–water partition coefficient (Wildman–Crippen LogP) is 4.46. The summed E-state index contributed by atoms with van der Waals surface area (Å²) in [5, 5.41) is 3.17. The van der Waals surface area contributed by atoms with Crippen LogP contribution in [0.15, 0.2) is 18.2 Å². The maximum Gasteiger partial charge on any atom is 0.227 e. The second-order valence-electron chi connectivity index (χ2n) is 5.82. The first-order valence-electron chi connectivity index (χ1n) is 7.50. The van der Waals surface area contributed by atoms with Crippen molar-refractivity contribution in [3.63, 3.8) is 0 Å². The van der Waals surface area contributed by atoms with Crippen LogP contribution < -0.4 is 5.32 Å². The molecule has 1 aromatic rings. The molecule has 104 valence electrons. The molecular formula is C17H25NO. The van der Waals surface area contributed by atoms with Gasteiger partial charge in [-0.2, -0.15) is 0 Å². The van der Waals surface area contributed by atoms with Gasteiger partial charge < -0.3 is 5.32 Å². The van der Waals surface area contributed by atoms with E-state index in [9.17, 15) is 4.79 Å². The third kappa shape index (κ3) is 3.17. The Morgan fingerprint density at radius 1 is 1.21 bits per heavy atom. The first-order chi connectivity index (χ1) is 9.13. The van der Waals surface area contributed by atoms with E-state index in [1.54, 1.807) is 0 Å². The highest BCUT2D eigenvalue weighted by Gasteiger charge is 2.29. The molecule has 1 saturated carbocycles. The number of benzene rings is 1. The fraction of sp³-hybridized carbons (Fsp3) is 0.588. The van der Waals surface area contributed by atoms with Gasteiger partial charge in [0, 0.05) is 11.6 Å². The van der Waals surface area contributed by atoms with Crippen molar-refractivity contribution in [2.75, 3.05) is 5.32 Å². The normalized spacial score (nSPS) is 23.1. The van der Waals surface area contributed by atoms with Gasteiger partial charge in [-0.3, -0.25) is 4.79 Å². The van der Waals surface area contributed by atoms with E-state index in [4.69, 9.17) is 0 Å². The van der Waals surface area contributed by atoms with Gasteiger partial charge in [-0.15, -0.1) is 0 Å². The van der Waals surface area contributed by atoms with Gasteiger partial charge in [0.1, 0.15) is 0 Å². The highest BCUT2D eigenvalue weighted by Crippen LogP contribution is 2.33. The molecule has 1 aromatic carbocycles.